The van der Waals surface area contributed by atoms with Gasteiger partial charge in [-0.1, -0.05) is 0 Å². The summed E-state index contributed by atoms with van der Waals surface area (Å²) in [6.07, 6.45) is 3.92. The highest BCUT2D eigenvalue weighted by Gasteiger charge is 1.95. The maximum absolute atomic E-state index is 5.27. The average molecular weight is 138 g/mol. The van der Waals surface area contributed by atoms with Crippen LogP contribution in [0.5, 0.6) is 5.75 Å². The van der Waals surface area contributed by atoms with Crippen molar-refractivity contribution in [1.29, 1.82) is 0 Å². The van der Waals surface area contributed by atoms with Gasteiger partial charge < -0.3 is 4.74 Å². The van der Waals surface area contributed by atoms with Crippen LogP contribution in [-0.4, -0.2) is 6.61 Å². The highest BCUT2D eigenvalue weighted by molar-refractivity contribution is 5.12. The van der Waals surface area contributed by atoms with E-state index < -0.39 is 0 Å². The molecule has 2 heteroatoms. The summed E-state index contributed by atoms with van der Waals surface area (Å²) < 4.78 is 7.23. The van der Waals surface area contributed by atoms with Crippen molar-refractivity contribution >= 4 is 0 Å². The monoisotopic (exact) mass is 138 g/mol. The number of aromatic nitrogens is 1. The van der Waals surface area contributed by atoms with Crippen LogP contribution in [0, 0.1) is 0 Å². The number of hydrogen-bond acceptors (Lipinski definition) is 1. The smallest absolute Gasteiger partial charge is 0.210 e. The van der Waals surface area contributed by atoms with Gasteiger partial charge in [0.25, 0.3) is 0 Å². The van der Waals surface area contributed by atoms with E-state index in [1.165, 1.54) is 0 Å². The Bertz CT molecular complexity index is 210. The number of aryl methyl sites for hydroxylation is 1. The molecule has 1 heterocycles. The molecule has 1 rings (SSSR count). The van der Waals surface area contributed by atoms with Gasteiger partial charge in [-0.25, -0.2) is 4.57 Å². The molecule has 2 nitrogen and oxygen atoms in total. The van der Waals surface area contributed by atoms with Crippen molar-refractivity contribution in [1.82, 2.24) is 0 Å². The van der Waals surface area contributed by atoms with Crippen LogP contribution in [0.1, 0.15) is 6.92 Å². The topological polar surface area (TPSA) is 13.1 Å². The zero-order valence-electron chi connectivity index (χ0n) is 6.37. The third-order valence-electron chi connectivity index (χ3n) is 1.22. The minimum absolute atomic E-state index is 0.726. The molecule has 1 aromatic heterocycles. The van der Waals surface area contributed by atoms with Gasteiger partial charge in [0.15, 0.2) is 11.9 Å². The fourth-order valence-corrected chi connectivity index (χ4v) is 0.812. The zero-order valence-corrected chi connectivity index (χ0v) is 6.37. The minimum atomic E-state index is 0.726. The first kappa shape index (κ1) is 7.06. The summed E-state index contributed by atoms with van der Waals surface area (Å²) in [6.45, 7) is 2.71. The Morgan fingerprint density at radius 2 is 2.40 bits per heavy atom. The molecule has 0 bridgehead atoms. The van der Waals surface area contributed by atoms with Crippen LogP contribution in [0.25, 0.3) is 0 Å². The molecule has 0 saturated heterocycles. The van der Waals surface area contributed by atoms with Crippen molar-refractivity contribution in [2.24, 2.45) is 7.05 Å². The fraction of sp³-hybridized carbons (Fsp3) is 0.375. The van der Waals surface area contributed by atoms with Crippen molar-refractivity contribution in [3.63, 3.8) is 0 Å². The molecule has 0 N–H and O–H groups in total. The SMILES string of the molecule is CCOc1ccc[n+](C)c1. The average Bonchev–Trinajstić information content (AvgIpc) is 1.88. The lowest BCUT2D eigenvalue weighted by Crippen LogP contribution is -2.26. The lowest BCUT2D eigenvalue weighted by Gasteiger charge is -1.97. The largest absolute Gasteiger partial charge is 0.488 e. The number of nitrogens with zero attached hydrogens (tertiary/aromatic N) is 1. The van der Waals surface area contributed by atoms with Gasteiger partial charge in [0.1, 0.15) is 7.05 Å². The Morgan fingerprint density at radius 1 is 1.60 bits per heavy atom. The third-order valence-corrected chi connectivity index (χ3v) is 1.22. The highest BCUT2D eigenvalue weighted by Crippen LogP contribution is 2.03. The van der Waals surface area contributed by atoms with E-state index in [-0.39, 0.29) is 0 Å². The van der Waals surface area contributed by atoms with Gasteiger partial charge in [-0.2, -0.15) is 0 Å². The Hall–Kier alpha value is -1.05. The number of rotatable bonds is 2. The van der Waals surface area contributed by atoms with Crippen molar-refractivity contribution in [2.75, 3.05) is 6.61 Å². The molecule has 0 fully saturated rings. The molecule has 0 unspecified atom stereocenters. The van der Waals surface area contributed by atoms with Crippen molar-refractivity contribution in [3.8, 4) is 5.75 Å². The number of ether oxygens (including phenoxy) is 1. The van der Waals surface area contributed by atoms with E-state index in [2.05, 4.69) is 0 Å². The Morgan fingerprint density at radius 3 is 3.00 bits per heavy atom. The molecule has 0 spiro atoms. The molecule has 1 aromatic rings. The van der Waals surface area contributed by atoms with E-state index >= 15 is 0 Å². The first-order valence-electron chi connectivity index (χ1n) is 3.41. The second-order valence-electron chi connectivity index (χ2n) is 2.14. The van der Waals surface area contributed by atoms with E-state index in [1.54, 1.807) is 0 Å². The van der Waals surface area contributed by atoms with Gasteiger partial charge in [-0.3, -0.25) is 0 Å². The van der Waals surface area contributed by atoms with Gasteiger partial charge in [0, 0.05) is 6.07 Å². The molecule has 0 saturated carbocycles. The van der Waals surface area contributed by atoms with E-state index in [9.17, 15) is 0 Å². The van der Waals surface area contributed by atoms with Crippen LogP contribution in [0.3, 0.4) is 0 Å². The van der Waals surface area contributed by atoms with Gasteiger partial charge in [0.2, 0.25) is 6.20 Å². The third kappa shape index (κ3) is 1.72. The minimum Gasteiger partial charge on any atom is -0.488 e. The number of hydrogen-bond donors (Lipinski definition) is 0. The van der Waals surface area contributed by atoms with Crippen LogP contribution < -0.4 is 9.30 Å². The normalized spacial score (nSPS) is 9.40. The molecule has 0 atom stereocenters. The van der Waals surface area contributed by atoms with Crippen LogP contribution in [0.4, 0.5) is 0 Å². The molecular weight excluding hydrogens is 126 g/mol. The highest BCUT2D eigenvalue weighted by atomic mass is 16.5. The molecule has 0 aliphatic rings. The quantitative estimate of drug-likeness (QED) is 0.554. The fourth-order valence-electron chi connectivity index (χ4n) is 0.812. The molecule has 0 radical (unpaired) electrons. The molecule has 0 aromatic carbocycles. The maximum Gasteiger partial charge on any atom is 0.210 e. The predicted octanol–water partition coefficient (Wildman–Crippen LogP) is 0.910. The zero-order chi connectivity index (χ0) is 7.40. The first-order chi connectivity index (χ1) is 4.83. The van der Waals surface area contributed by atoms with Crippen molar-refractivity contribution in [3.05, 3.63) is 24.5 Å². The first-order valence-corrected chi connectivity index (χ1v) is 3.41. The summed E-state index contributed by atoms with van der Waals surface area (Å²) in [5.74, 6) is 0.924. The van der Waals surface area contributed by atoms with Gasteiger partial charge >= 0.3 is 0 Å². The van der Waals surface area contributed by atoms with Gasteiger partial charge in [-0.15, -0.1) is 0 Å². The molecule has 54 valence electrons. The van der Waals surface area contributed by atoms with Crippen molar-refractivity contribution in [2.45, 2.75) is 6.92 Å². The molecule has 0 amide bonds. The van der Waals surface area contributed by atoms with E-state index in [0.717, 1.165) is 12.4 Å². The van der Waals surface area contributed by atoms with Crippen LogP contribution in [0.2, 0.25) is 0 Å². The summed E-state index contributed by atoms with van der Waals surface area (Å²) in [7, 11) is 1.97. The molecular formula is C8H12NO+. The summed E-state index contributed by atoms with van der Waals surface area (Å²) in [5, 5.41) is 0. The van der Waals surface area contributed by atoms with Crippen LogP contribution >= 0.6 is 0 Å². The lowest BCUT2D eigenvalue weighted by atomic mass is 10.4. The van der Waals surface area contributed by atoms with Crippen LogP contribution in [0.15, 0.2) is 24.5 Å². The van der Waals surface area contributed by atoms with E-state index in [1.807, 2.05) is 43.1 Å². The van der Waals surface area contributed by atoms with Crippen LogP contribution in [-0.2, 0) is 7.05 Å². The molecule has 0 aliphatic heterocycles. The summed E-state index contributed by atoms with van der Waals surface area (Å²) in [4.78, 5) is 0. The second-order valence-corrected chi connectivity index (χ2v) is 2.14. The standard InChI is InChI=1S/C8H12NO/c1-3-10-8-5-4-6-9(2)7-8/h4-7H,3H2,1-2H3/q+1. The van der Waals surface area contributed by atoms with E-state index in [0.29, 0.717) is 0 Å². The van der Waals surface area contributed by atoms with E-state index in [4.69, 9.17) is 4.74 Å². The Kier molecular flexibility index (Phi) is 2.26. The summed E-state index contributed by atoms with van der Waals surface area (Å²) in [5.41, 5.74) is 0. The Balaban J connectivity index is 2.75. The summed E-state index contributed by atoms with van der Waals surface area (Å²) >= 11 is 0. The maximum atomic E-state index is 5.27. The number of pyridine rings is 1. The van der Waals surface area contributed by atoms with Crippen molar-refractivity contribution < 1.29 is 9.30 Å². The van der Waals surface area contributed by atoms with Gasteiger partial charge in [-0.05, 0) is 13.0 Å². The van der Waals surface area contributed by atoms with Gasteiger partial charge in [0.05, 0.1) is 6.61 Å². The Labute approximate surface area is 61.1 Å². The molecule has 10 heavy (non-hydrogen) atoms. The summed E-state index contributed by atoms with van der Waals surface area (Å²) in [6, 6.07) is 3.91. The molecule has 0 aliphatic carbocycles. The predicted molar refractivity (Wildman–Crippen MR) is 38.8 cm³/mol. The second kappa shape index (κ2) is 3.20. The lowest BCUT2D eigenvalue weighted by molar-refractivity contribution is -0.671.